The molecule has 4 aromatic heterocycles. The molecule has 0 atom stereocenters. The number of rotatable bonds is 4. The zero-order valence-corrected chi connectivity index (χ0v) is 28.0. The van der Waals surface area contributed by atoms with E-state index in [-0.39, 0.29) is 0 Å². The minimum atomic E-state index is 0.584. The van der Waals surface area contributed by atoms with Gasteiger partial charge in [-0.2, -0.15) is 9.97 Å². The maximum Gasteiger partial charge on any atom is 0.238 e. The van der Waals surface area contributed by atoms with Crippen LogP contribution < -0.4 is 0 Å². The van der Waals surface area contributed by atoms with Crippen molar-refractivity contribution in [3.05, 3.63) is 164 Å². The molecule has 0 aliphatic rings. The Morgan fingerprint density at radius 1 is 0.353 bits per heavy atom. The van der Waals surface area contributed by atoms with Crippen molar-refractivity contribution in [3.63, 3.8) is 0 Å². The maximum atomic E-state index is 5.23. The average Bonchev–Trinajstić information content (AvgIpc) is 3.84. The van der Waals surface area contributed by atoms with E-state index in [1.807, 2.05) is 47.7 Å². The molecule has 51 heavy (non-hydrogen) atoms. The van der Waals surface area contributed by atoms with E-state index in [1.54, 1.807) is 0 Å². The van der Waals surface area contributed by atoms with Gasteiger partial charge in [-0.05, 0) is 42.5 Å². The highest BCUT2D eigenvalue weighted by atomic mass is 32.1. The summed E-state index contributed by atoms with van der Waals surface area (Å²) in [6.07, 6.45) is 0. The van der Waals surface area contributed by atoms with Crippen molar-refractivity contribution in [1.29, 1.82) is 0 Å². The predicted molar refractivity (Wildman–Crippen MR) is 212 cm³/mol. The Morgan fingerprint density at radius 2 is 0.902 bits per heavy atom. The standard InChI is InChI=1S/C45H27N5S/c1-3-13-28(14-4-1)43-46-44(29-15-5-2-6-16-29)48-45(47-43)50-39-25-30(49-37-20-10-7-17-31(37)32-18-8-11-21-38(32)49)23-24-33(39)35-27-42-36(26-40(35)50)34-19-9-12-22-41(34)51-42/h1-27H. The molecule has 0 saturated heterocycles. The normalized spacial score (nSPS) is 11.9. The van der Waals surface area contributed by atoms with Gasteiger partial charge in [0.25, 0.3) is 0 Å². The molecule has 0 spiro atoms. The zero-order chi connectivity index (χ0) is 33.5. The molecule has 4 heterocycles. The summed E-state index contributed by atoms with van der Waals surface area (Å²) in [6, 6.07) is 57.8. The van der Waals surface area contributed by atoms with Crippen molar-refractivity contribution in [2.24, 2.45) is 0 Å². The molecule has 7 aromatic carbocycles. The van der Waals surface area contributed by atoms with Crippen LogP contribution in [0.2, 0.25) is 0 Å². The predicted octanol–water partition coefficient (Wildman–Crippen LogP) is 11.8. The molecule has 0 saturated carbocycles. The minimum absolute atomic E-state index is 0.584. The van der Waals surface area contributed by atoms with Crippen LogP contribution in [-0.2, 0) is 0 Å². The molecule has 0 unspecified atom stereocenters. The number of aromatic nitrogens is 5. The third kappa shape index (κ3) is 4.30. The van der Waals surface area contributed by atoms with Crippen LogP contribution in [0.1, 0.15) is 0 Å². The fraction of sp³-hybridized carbons (Fsp3) is 0. The lowest BCUT2D eigenvalue weighted by atomic mass is 10.1. The number of thiophene rings is 1. The maximum absolute atomic E-state index is 5.23. The lowest BCUT2D eigenvalue weighted by molar-refractivity contribution is 0.953. The van der Waals surface area contributed by atoms with E-state index >= 15 is 0 Å². The molecule has 0 aliphatic carbocycles. The lowest BCUT2D eigenvalue weighted by Crippen LogP contribution is -2.06. The summed E-state index contributed by atoms with van der Waals surface area (Å²) in [7, 11) is 0. The SMILES string of the molecule is c1ccc(-c2nc(-c3ccccc3)nc(-n3c4cc(-n5c6ccccc6c6ccccc65)ccc4c4cc5sc6ccccc6c5cc43)n2)cc1. The Labute approximate surface area is 296 Å². The van der Waals surface area contributed by atoms with Crippen molar-refractivity contribution < 1.29 is 0 Å². The van der Waals surface area contributed by atoms with Crippen molar-refractivity contribution in [1.82, 2.24) is 24.1 Å². The number of fused-ring (bicyclic) bond motifs is 9. The van der Waals surface area contributed by atoms with Crippen LogP contribution in [0.15, 0.2) is 164 Å². The Hall–Kier alpha value is -6.63. The van der Waals surface area contributed by atoms with E-state index in [9.17, 15) is 0 Å². The van der Waals surface area contributed by atoms with Gasteiger partial charge in [0.15, 0.2) is 11.6 Å². The van der Waals surface area contributed by atoms with Crippen LogP contribution in [0.25, 0.3) is 98.2 Å². The monoisotopic (exact) mass is 669 g/mol. The van der Waals surface area contributed by atoms with Gasteiger partial charge in [-0.25, -0.2) is 4.98 Å². The number of benzene rings is 7. The first kappa shape index (κ1) is 28.2. The van der Waals surface area contributed by atoms with Crippen molar-refractivity contribution in [2.75, 3.05) is 0 Å². The summed E-state index contributed by atoms with van der Waals surface area (Å²) in [5.41, 5.74) is 7.40. The molecule has 238 valence electrons. The largest absolute Gasteiger partial charge is 0.309 e. The molecule has 0 aliphatic heterocycles. The molecular weight excluding hydrogens is 643 g/mol. The molecule has 6 heteroatoms. The number of hydrogen-bond acceptors (Lipinski definition) is 4. The van der Waals surface area contributed by atoms with Gasteiger partial charge in [-0.15, -0.1) is 11.3 Å². The van der Waals surface area contributed by atoms with Crippen molar-refractivity contribution >= 4 is 75.1 Å². The van der Waals surface area contributed by atoms with E-state index in [0.717, 1.165) is 33.2 Å². The highest BCUT2D eigenvalue weighted by Gasteiger charge is 2.21. The summed E-state index contributed by atoms with van der Waals surface area (Å²) in [5.74, 6) is 1.85. The first-order valence-corrected chi connectivity index (χ1v) is 17.9. The Morgan fingerprint density at radius 3 is 1.57 bits per heavy atom. The van der Waals surface area contributed by atoms with E-state index in [2.05, 4.69) is 137 Å². The zero-order valence-electron chi connectivity index (χ0n) is 27.2. The van der Waals surface area contributed by atoms with Crippen LogP contribution in [0.4, 0.5) is 0 Å². The number of nitrogens with zero attached hydrogens (tertiary/aromatic N) is 5. The van der Waals surface area contributed by atoms with Gasteiger partial charge in [0, 0.05) is 58.5 Å². The molecule has 11 aromatic rings. The van der Waals surface area contributed by atoms with Crippen LogP contribution in [-0.4, -0.2) is 24.1 Å². The van der Waals surface area contributed by atoms with Gasteiger partial charge in [-0.3, -0.25) is 4.57 Å². The lowest BCUT2D eigenvalue weighted by Gasteiger charge is -2.12. The summed E-state index contributed by atoms with van der Waals surface area (Å²) in [5, 5.41) is 7.28. The van der Waals surface area contributed by atoms with E-state index in [1.165, 1.54) is 47.4 Å². The van der Waals surface area contributed by atoms with Gasteiger partial charge in [0.2, 0.25) is 5.95 Å². The summed E-state index contributed by atoms with van der Waals surface area (Å²) in [6.45, 7) is 0. The Balaban J connectivity index is 1.27. The summed E-state index contributed by atoms with van der Waals surface area (Å²) >= 11 is 1.84. The highest BCUT2D eigenvalue weighted by molar-refractivity contribution is 7.25. The molecule has 0 N–H and O–H groups in total. The van der Waals surface area contributed by atoms with Gasteiger partial charge in [0.05, 0.1) is 22.1 Å². The van der Waals surface area contributed by atoms with Gasteiger partial charge in [0.1, 0.15) is 0 Å². The van der Waals surface area contributed by atoms with Crippen LogP contribution >= 0.6 is 11.3 Å². The van der Waals surface area contributed by atoms with E-state index < -0.39 is 0 Å². The third-order valence-electron chi connectivity index (χ3n) is 9.97. The highest BCUT2D eigenvalue weighted by Crippen LogP contribution is 2.42. The second-order valence-corrected chi connectivity index (χ2v) is 14.0. The van der Waals surface area contributed by atoms with E-state index in [0.29, 0.717) is 17.6 Å². The molecule has 5 nitrogen and oxygen atoms in total. The first-order valence-electron chi connectivity index (χ1n) is 17.0. The Kier molecular flexibility index (Phi) is 6.05. The first-order chi connectivity index (χ1) is 25.3. The fourth-order valence-electron chi connectivity index (χ4n) is 7.68. The molecule has 0 fully saturated rings. The molecular formula is C45H27N5S. The van der Waals surface area contributed by atoms with Crippen LogP contribution in [0.3, 0.4) is 0 Å². The quantitative estimate of drug-likeness (QED) is 0.187. The smallest absolute Gasteiger partial charge is 0.238 e. The number of hydrogen-bond donors (Lipinski definition) is 0. The summed E-state index contributed by atoms with van der Waals surface area (Å²) in [4.78, 5) is 15.5. The number of para-hydroxylation sites is 2. The average molecular weight is 670 g/mol. The third-order valence-corrected chi connectivity index (χ3v) is 11.1. The fourth-order valence-corrected chi connectivity index (χ4v) is 8.80. The van der Waals surface area contributed by atoms with Crippen molar-refractivity contribution in [2.45, 2.75) is 0 Å². The van der Waals surface area contributed by atoms with Crippen LogP contribution in [0, 0.1) is 0 Å². The van der Waals surface area contributed by atoms with E-state index in [4.69, 9.17) is 15.0 Å². The minimum Gasteiger partial charge on any atom is -0.309 e. The second-order valence-electron chi connectivity index (χ2n) is 12.9. The van der Waals surface area contributed by atoms with Crippen LogP contribution in [0.5, 0.6) is 0 Å². The second kappa shape index (κ2) is 10.9. The summed E-state index contributed by atoms with van der Waals surface area (Å²) < 4.78 is 7.16. The Bertz CT molecular complexity index is 3030. The molecule has 0 amide bonds. The molecule has 11 rings (SSSR count). The van der Waals surface area contributed by atoms with Gasteiger partial charge < -0.3 is 4.57 Å². The molecule has 0 radical (unpaired) electrons. The van der Waals surface area contributed by atoms with Gasteiger partial charge in [-0.1, -0.05) is 121 Å². The van der Waals surface area contributed by atoms with Gasteiger partial charge >= 0.3 is 0 Å². The topological polar surface area (TPSA) is 48.5 Å². The molecule has 0 bridgehead atoms. The van der Waals surface area contributed by atoms with Crippen molar-refractivity contribution in [3.8, 4) is 34.4 Å².